The summed E-state index contributed by atoms with van der Waals surface area (Å²) >= 11 is 0. The molecule has 2 heterocycles. The fourth-order valence-electron chi connectivity index (χ4n) is 7.42. The van der Waals surface area contributed by atoms with Gasteiger partial charge in [-0.15, -0.1) is 0 Å². The van der Waals surface area contributed by atoms with Crippen molar-refractivity contribution in [2.75, 3.05) is 0 Å². The fourth-order valence-corrected chi connectivity index (χ4v) is 7.42. The number of pyridine rings is 1. The Balaban J connectivity index is 1.30. The van der Waals surface area contributed by atoms with Gasteiger partial charge in [0, 0.05) is 38.4 Å². The van der Waals surface area contributed by atoms with Gasteiger partial charge in [0.1, 0.15) is 0 Å². The Morgan fingerprint density at radius 3 is 1.89 bits per heavy atom. The molecule has 0 amide bonds. The number of benzene rings is 6. The summed E-state index contributed by atoms with van der Waals surface area (Å²) in [5.74, 6) is 0.707. The average Bonchev–Trinajstić information content (AvgIpc) is 3.38. The summed E-state index contributed by atoms with van der Waals surface area (Å²) in [6.07, 6.45) is 0. The molecule has 0 radical (unpaired) electrons. The molecule has 0 aliphatic heterocycles. The Morgan fingerprint density at radius 1 is 0.447 bits per heavy atom. The number of fused-ring (bicyclic) bond motifs is 7. The zero-order chi connectivity index (χ0) is 31.5. The normalized spacial score (nSPS) is 13.1. The van der Waals surface area contributed by atoms with E-state index in [0.717, 1.165) is 44.9 Å². The minimum atomic E-state index is -0.177. The molecule has 0 N–H and O–H groups in total. The number of nitrogens with zero attached hydrogens (tertiary/aromatic N) is 3. The molecule has 2 aromatic heterocycles. The molecule has 0 spiro atoms. The number of hydrogen-bond acceptors (Lipinski definition) is 3. The van der Waals surface area contributed by atoms with Crippen molar-refractivity contribution in [3.8, 4) is 56.3 Å². The SMILES string of the molecule is CC1(C)c2ccccc2-c2ccc3c(c(-c4cccc(-c5cc(-c6ccccc6)nc(-c6ccccc6)n5)c4)nc4ccccc43)c21. The molecule has 0 atom stereocenters. The lowest BCUT2D eigenvalue weighted by Gasteiger charge is -2.25. The molecule has 47 heavy (non-hydrogen) atoms. The summed E-state index contributed by atoms with van der Waals surface area (Å²) in [5.41, 5.74) is 13.0. The number of rotatable bonds is 4. The molecule has 3 nitrogen and oxygen atoms in total. The molecule has 8 aromatic rings. The third-order valence-electron chi connectivity index (χ3n) is 9.64. The van der Waals surface area contributed by atoms with Crippen LogP contribution < -0.4 is 0 Å². The third-order valence-corrected chi connectivity index (χ3v) is 9.64. The monoisotopic (exact) mass is 601 g/mol. The van der Waals surface area contributed by atoms with Gasteiger partial charge in [0.2, 0.25) is 0 Å². The van der Waals surface area contributed by atoms with Crippen LogP contribution >= 0.6 is 0 Å². The Labute approximate surface area is 274 Å². The summed E-state index contributed by atoms with van der Waals surface area (Å²) in [7, 11) is 0. The third kappa shape index (κ3) is 4.39. The summed E-state index contributed by atoms with van der Waals surface area (Å²) < 4.78 is 0. The van der Waals surface area contributed by atoms with E-state index in [1.165, 1.54) is 38.4 Å². The van der Waals surface area contributed by atoms with Crippen molar-refractivity contribution in [2.24, 2.45) is 0 Å². The zero-order valence-corrected chi connectivity index (χ0v) is 26.3. The van der Waals surface area contributed by atoms with Crippen molar-refractivity contribution in [3.63, 3.8) is 0 Å². The van der Waals surface area contributed by atoms with Gasteiger partial charge in [-0.3, -0.25) is 0 Å². The second kappa shape index (κ2) is 10.6. The smallest absolute Gasteiger partial charge is 0.160 e. The van der Waals surface area contributed by atoms with Crippen LogP contribution in [0.1, 0.15) is 25.0 Å². The van der Waals surface area contributed by atoms with E-state index in [2.05, 4.69) is 141 Å². The standard InChI is InChI=1S/C44H31N3/c1-44(2)36-22-11-9-20-32(36)35-25-24-34-33-21-10-12-23-37(33)45-42(40(34)41(35)44)31-19-13-18-30(26-31)39-27-38(28-14-5-3-6-15-28)46-43(47-39)29-16-7-4-8-17-29/h3-27H,1-2H3. The Kier molecular flexibility index (Phi) is 6.16. The first-order valence-corrected chi connectivity index (χ1v) is 16.1. The van der Waals surface area contributed by atoms with Crippen molar-refractivity contribution in [2.45, 2.75) is 19.3 Å². The van der Waals surface area contributed by atoms with Gasteiger partial charge in [-0.05, 0) is 45.8 Å². The van der Waals surface area contributed by atoms with Crippen LogP contribution in [0.4, 0.5) is 0 Å². The van der Waals surface area contributed by atoms with Gasteiger partial charge in [-0.25, -0.2) is 15.0 Å². The van der Waals surface area contributed by atoms with Crippen LogP contribution in [0.3, 0.4) is 0 Å². The van der Waals surface area contributed by atoms with Crippen LogP contribution in [-0.4, -0.2) is 15.0 Å². The number of hydrogen-bond donors (Lipinski definition) is 0. The predicted molar refractivity (Wildman–Crippen MR) is 194 cm³/mol. The molecule has 9 rings (SSSR count). The lowest BCUT2D eigenvalue weighted by molar-refractivity contribution is 0.666. The van der Waals surface area contributed by atoms with E-state index in [9.17, 15) is 0 Å². The van der Waals surface area contributed by atoms with Crippen LogP contribution in [-0.2, 0) is 5.41 Å². The molecule has 3 heteroatoms. The second-order valence-corrected chi connectivity index (χ2v) is 12.8. The molecule has 6 aromatic carbocycles. The quantitative estimate of drug-likeness (QED) is 0.188. The van der Waals surface area contributed by atoms with Crippen molar-refractivity contribution in [1.82, 2.24) is 15.0 Å². The molecule has 222 valence electrons. The number of aromatic nitrogens is 3. The van der Waals surface area contributed by atoms with E-state index in [0.29, 0.717) is 5.82 Å². The van der Waals surface area contributed by atoms with E-state index < -0.39 is 0 Å². The zero-order valence-electron chi connectivity index (χ0n) is 26.3. The van der Waals surface area contributed by atoms with Crippen LogP contribution in [0.5, 0.6) is 0 Å². The number of para-hydroxylation sites is 1. The summed E-state index contributed by atoms with van der Waals surface area (Å²) in [6.45, 7) is 4.70. The van der Waals surface area contributed by atoms with Gasteiger partial charge in [0.25, 0.3) is 0 Å². The Hall–Kier alpha value is -5.93. The maximum Gasteiger partial charge on any atom is 0.160 e. The topological polar surface area (TPSA) is 38.7 Å². The van der Waals surface area contributed by atoms with Gasteiger partial charge >= 0.3 is 0 Å². The highest BCUT2D eigenvalue weighted by molar-refractivity contribution is 6.15. The summed E-state index contributed by atoms with van der Waals surface area (Å²) in [5, 5.41) is 3.63. The molecule has 0 unspecified atom stereocenters. The minimum Gasteiger partial charge on any atom is -0.247 e. The largest absolute Gasteiger partial charge is 0.247 e. The summed E-state index contributed by atoms with van der Waals surface area (Å²) in [4.78, 5) is 15.5. The Morgan fingerprint density at radius 2 is 1.09 bits per heavy atom. The van der Waals surface area contributed by atoms with Crippen LogP contribution in [0.2, 0.25) is 0 Å². The highest BCUT2D eigenvalue weighted by Crippen LogP contribution is 2.53. The molecule has 0 fully saturated rings. The minimum absolute atomic E-state index is 0.177. The van der Waals surface area contributed by atoms with Crippen LogP contribution in [0.15, 0.2) is 152 Å². The molecule has 1 aliphatic carbocycles. The van der Waals surface area contributed by atoms with Crippen molar-refractivity contribution >= 4 is 21.7 Å². The van der Waals surface area contributed by atoms with E-state index >= 15 is 0 Å². The maximum absolute atomic E-state index is 5.41. The molecular formula is C44H31N3. The maximum atomic E-state index is 5.41. The van der Waals surface area contributed by atoms with E-state index in [4.69, 9.17) is 15.0 Å². The molecule has 0 bridgehead atoms. The first-order chi connectivity index (χ1) is 23.1. The second-order valence-electron chi connectivity index (χ2n) is 12.8. The van der Waals surface area contributed by atoms with Crippen LogP contribution in [0.25, 0.3) is 78.0 Å². The van der Waals surface area contributed by atoms with Crippen molar-refractivity contribution in [3.05, 3.63) is 163 Å². The predicted octanol–water partition coefficient (Wildman–Crippen LogP) is 11.2. The van der Waals surface area contributed by atoms with E-state index in [1.807, 2.05) is 24.3 Å². The highest BCUT2D eigenvalue weighted by atomic mass is 14.9. The van der Waals surface area contributed by atoms with Crippen LogP contribution in [0, 0.1) is 0 Å². The molecule has 0 saturated carbocycles. The first-order valence-electron chi connectivity index (χ1n) is 16.1. The van der Waals surface area contributed by atoms with Crippen molar-refractivity contribution < 1.29 is 0 Å². The van der Waals surface area contributed by atoms with Gasteiger partial charge in [0.15, 0.2) is 5.82 Å². The average molecular weight is 602 g/mol. The molecule has 0 saturated heterocycles. The van der Waals surface area contributed by atoms with Gasteiger partial charge in [0.05, 0.1) is 22.6 Å². The van der Waals surface area contributed by atoms with E-state index in [1.54, 1.807) is 0 Å². The lowest BCUT2D eigenvalue weighted by Crippen LogP contribution is -2.16. The van der Waals surface area contributed by atoms with Gasteiger partial charge in [-0.1, -0.05) is 147 Å². The van der Waals surface area contributed by atoms with Gasteiger partial charge in [-0.2, -0.15) is 0 Å². The Bertz CT molecular complexity index is 2420. The van der Waals surface area contributed by atoms with Gasteiger partial charge < -0.3 is 0 Å². The fraction of sp³-hybridized carbons (Fsp3) is 0.0682. The van der Waals surface area contributed by atoms with Crippen molar-refractivity contribution in [1.29, 1.82) is 0 Å². The lowest BCUT2D eigenvalue weighted by atomic mass is 9.79. The molecule has 1 aliphatic rings. The highest BCUT2D eigenvalue weighted by Gasteiger charge is 2.37. The summed E-state index contributed by atoms with van der Waals surface area (Å²) in [6, 6.07) is 53.3. The van der Waals surface area contributed by atoms with E-state index in [-0.39, 0.29) is 5.41 Å². The molecular weight excluding hydrogens is 571 g/mol. The first kappa shape index (κ1) is 27.4.